The van der Waals surface area contributed by atoms with Gasteiger partial charge in [-0.15, -0.1) is 0 Å². The first-order valence-electron chi connectivity index (χ1n) is 8.30. The van der Waals surface area contributed by atoms with Crippen LogP contribution in [0.1, 0.15) is 44.9 Å². The average molecular weight is 301 g/mol. The number of carbonyl (C=O) groups is 1. The van der Waals surface area contributed by atoms with E-state index in [1.807, 2.05) is 0 Å². The van der Waals surface area contributed by atoms with Crippen LogP contribution >= 0.6 is 0 Å². The second kappa shape index (κ2) is 5.21. The van der Waals surface area contributed by atoms with Crippen molar-refractivity contribution in [3.63, 3.8) is 0 Å². The van der Waals surface area contributed by atoms with Crippen LogP contribution in [0.5, 0.6) is 6.01 Å². The fourth-order valence-electron chi connectivity index (χ4n) is 5.54. The Labute approximate surface area is 130 Å². The maximum absolute atomic E-state index is 12.5. The maximum Gasteiger partial charge on any atom is 0.316 e. The molecular formula is C17H23N3O2. The molecule has 4 bridgehead atoms. The highest BCUT2D eigenvalue weighted by Crippen LogP contribution is 2.61. The van der Waals surface area contributed by atoms with E-state index in [0.717, 1.165) is 17.8 Å². The van der Waals surface area contributed by atoms with Crippen LogP contribution in [0.4, 0.5) is 5.69 Å². The highest BCUT2D eigenvalue weighted by Gasteiger charge is 2.51. The van der Waals surface area contributed by atoms with Crippen molar-refractivity contribution in [1.82, 2.24) is 9.97 Å². The van der Waals surface area contributed by atoms with Crippen LogP contribution in [-0.2, 0) is 4.79 Å². The lowest BCUT2D eigenvalue weighted by Gasteiger charge is -2.56. The molecule has 0 unspecified atom stereocenters. The Morgan fingerprint density at radius 2 is 1.73 bits per heavy atom. The molecule has 0 atom stereocenters. The summed E-state index contributed by atoms with van der Waals surface area (Å²) in [7, 11) is 1.53. The number of aromatic nitrogens is 2. The van der Waals surface area contributed by atoms with Crippen LogP contribution in [0.25, 0.3) is 0 Å². The molecule has 0 saturated heterocycles. The largest absolute Gasteiger partial charge is 0.467 e. The minimum absolute atomic E-state index is 0.107. The Hall–Kier alpha value is -1.65. The van der Waals surface area contributed by atoms with E-state index in [9.17, 15) is 4.79 Å². The van der Waals surface area contributed by atoms with Gasteiger partial charge in [-0.1, -0.05) is 0 Å². The fourth-order valence-corrected chi connectivity index (χ4v) is 5.54. The lowest BCUT2D eigenvalue weighted by molar-refractivity contribution is -0.124. The number of nitrogens with one attached hydrogen (secondary N) is 1. The SMILES string of the molecule is COc1ncc(NC(=O)CC23CC4CC(CC(C4)C2)C3)cn1. The summed E-state index contributed by atoms with van der Waals surface area (Å²) in [4.78, 5) is 20.5. The van der Waals surface area contributed by atoms with E-state index in [1.165, 1.54) is 45.6 Å². The number of nitrogens with zero attached hydrogens (tertiary/aromatic N) is 2. The van der Waals surface area contributed by atoms with Gasteiger partial charge in [0.05, 0.1) is 25.2 Å². The molecule has 118 valence electrons. The third kappa shape index (κ3) is 2.57. The van der Waals surface area contributed by atoms with Crippen LogP contribution in [0, 0.1) is 23.2 Å². The van der Waals surface area contributed by atoms with Crippen LogP contribution in [-0.4, -0.2) is 23.0 Å². The van der Waals surface area contributed by atoms with Gasteiger partial charge in [0.1, 0.15) is 0 Å². The van der Waals surface area contributed by atoms with E-state index in [-0.39, 0.29) is 11.3 Å². The molecule has 1 amide bonds. The van der Waals surface area contributed by atoms with Crippen LogP contribution in [0.15, 0.2) is 12.4 Å². The molecule has 5 heteroatoms. The predicted molar refractivity (Wildman–Crippen MR) is 82.4 cm³/mol. The van der Waals surface area contributed by atoms with E-state index >= 15 is 0 Å². The summed E-state index contributed by atoms with van der Waals surface area (Å²) in [5, 5.41) is 2.95. The summed E-state index contributed by atoms with van der Waals surface area (Å²) in [6.07, 6.45) is 11.9. The fraction of sp³-hybridized carbons (Fsp3) is 0.706. The smallest absolute Gasteiger partial charge is 0.316 e. The molecule has 5 nitrogen and oxygen atoms in total. The molecule has 0 aliphatic heterocycles. The molecule has 1 N–H and O–H groups in total. The molecule has 1 aromatic heterocycles. The van der Waals surface area contributed by atoms with E-state index in [1.54, 1.807) is 12.4 Å². The summed E-state index contributed by atoms with van der Waals surface area (Å²) < 4.78 is 4.93. The van der Waals surface area contributed by atoms with Crippen LogP contribution in [0.2, 0.25) is 0 Å². The van der Waals surface area contributed by atoms with E-state index in [0.29, 0.717) is 18.1 Å². The molecule has 0 radical (unpaired) electrons. The van der Waals surface area contributed by atoms with Crippen molar-refractivity contribution in [2.75, 3.05) is 12.4 Å². The zero-order chi connectivity index (χ0) is 15.2. The number of amides is 1. The first kappa shape index (κ1) is 14.0. The molecule has 4 saturated carbocycles. The summed E-state index contributed by atoms with van der Waals surface area (Å²) >= 11 is 0. The topological polar surface area (TPSA) is 64.1 Å². The molecule has 1 heterocycles. The van der Waals surface area contributed by atoms with Crippen molar-refractivity contribution < 1.29 is 9.53 Å². The number of anilines is 1. The van der Waals surface area contributed by atoms with Crippen molar-refractivity contribution in [3.8, 4) is 6.01 Å². The highest BCUT2D eigenvalue weighted by atomic mass is 16.5. The van der Waals surface area contributed by atoms with E-state index in [4.69, 9.17) is 4.74 Å². The third-order valence-corrected chi connectivity index (χ3v) is 5.80. The number of methoxy groups -OCH3 is 1. The quantitative estimate of drug-likeness (QED) is 0.928. The maximum atomic E-state index is 12.5. The number of hydrogen-bond acceptors (Lipinski definition) is 4. The van der Waals surface area contributed by atoms with Gasteiger partial charge in [-0.25, -0.2) is 9.97 Å². The normalized spacial score (nSPS) is 35.4. The van der Waals surface area contributed by atoms with Gasteiger partial charge in [-0.05, 0) is 61.7 Å². The summed E-state index contributed by atoms with van der Waals surface area (Å²) in [5.74, 6) is 2.74. The Morgan fingerprint density at radius 1 is 1.18 bits per heavy atom. The number of rotatable bonds is 4. The molecule has 5 rings (SSSR count). The van der Waals surface area contributed by atoms with Gasteiger partial charge in [0, 0.05) is 6.42 Å². The predicted octanol–water partition coefficient (Wildman–Crippen LogP) is 3.03. The molecule has 0 spiro atoms. The van der Waals surface area contributed by atoms with Crippen molar-refractivity contribution in [1.29, 1.82) is 0 Å². The summed E-state index contributed by atoms with van der Waals surface area (Å²) in [5.41, 5.74) is 0.919. The lowest BCUT2D eigenvalue weighted by atomic mass is 9.49. The first-order chi connectivity index (χ1) is 10.6. The van der Waals surface area contributed by atoms with Crippen LogP contribution < -0.4 is 10.1 Å². The minimum Gasteiger partial charge on any atom is -0.467 e. The Kier molecular flexibility index (Phi) is 3.31. The second-order valence-corrected chi connectivity index (χ2v) is 7.60. The molecule has 4 aliphatic carbocycles. The van der Waals surface area contributed by atoms with E-state index < -0.39 is 0 Å². The minimum atomic E-state index is 0.107. The average Bonchev–Trinajstić information content (AvgIpc) is 2.45. The van der Waals surface area contributed by atoms with Gasteiger partial charge in [-0.3, -0.25) is 4.79 Å². The Morgan fingerprint density at radius 3 is 2.23 bits per heavy atom. The summed E-state index contributed by atoms with van der Waals surface area (Å²) in [6, 6.07) is 0.319. The Bertz CT molecular complexity index is 534. The zero-order valence-corrected chi connectivity index (χ0v) is 13.0. The van der Waals surface area contributed by atoms with Crippen molar-refractivity contribution in [2.24, 2.45) is 23.2 Å². The van der Waals surface area contributed by atoms with Gasteiger partial charge in [0.15, 0.2) is 0 Å². The van der Waals surface area contributed by atoms with Crippen molar-refractivity contribution in [2.45, 2.75) is 44.9 Å². The lowest BCUT2D eigenvalue weighted by Crippen LogP contribution is -2.47. The van der Waals surface area contributed by atoms with Gasteiger partial charge in [0.2, 0.25) is 5.91 Å². The molecular weight excluding hydrogens is 278 g/mol. The number of hydrogen-bond donors (Lipinski definition) is 1. The van der Waals surface area contributed by atoms with Crippen molar-refractivity contribution in [3.05, 3.63) is 12.4 Å². The Balaban J connectivity index is 1.41. The monoisotopic (exact) mass is 301 g/mol. The zero-order valence-electron chi connectivity index (χ0n) is 13.0. The summed E-state index contributed by atoms with van der Waals surface area (Å²) in [6.45, 7) is 0. The van der Waals surface area contributed by atoms with Gasteiger partial charge >= 0.3 is 6.01 Å². The van der Waals surface area contributed by atoms with Gasteiger partial charge < -0.3 is 10.1 Å². The third-order valence-electron chi connectivity index (χ3n) is 5.80. The molecule has 0 aromatic carbocycles. The molecule has 4 aliphatic rings. The first-order valence-corrected chi connectivity index (χ1v) is 8.30. The van der Waals surface area contributed by atoms with Gasteiger partial charge in [0.25, 0.3) is 0 Å². The number of carbonyl (C=O) groups excluding carboxylic acids is 1. The standard InChI is InChI=1S/C17H23N3O2/c1-22-16-18-9-14(10-19-16)20-15(21)8-17-5-11-2-12(6-17)4-13(3-11)7-17/h9-13H,2-8H2,1H3,(H,20,21). The molecule has 4 fully saturated rings. The second-order valence-electron chi connectivity index (χ2n) is 7.60. The number of ether oxygens (including phenoxy) is 1. The molecule has 1 aromatic rings. The van der Waals surface area contributed by atoms with Crippen molar-refractivity contribution >= 4 is 11.6 Å². The van der Waals surface area contributed by atoms with E-state index in [2.05, 4.69) is 15.3 Å². The van der Waals surface area contributed by atoms with Gasteiger partial charge in [-0.2, -0.15) is 0 Å². The molecule has 22 heavy (non-hydrogen) atoms. The van der Waals surface area contributed by atoms with Crippen LogP contribution in [0.3, 0.4) is 0 Å². The highest BCUT2D eigenvalue weighted by molar-refractivity contribution is 5.90.